The van der Waals surface area contributed by atoms with Gasteiger partial charge >= 0.3 is 0 Å². The summed E-state index contributed by atoms with van der Waals surface area (Å²) in [6.45, 7) is 0. The highest BCUT2D eigenvalue weighted by atomic mass is 127. The van der Waals surface area contributed by atoms with E-state index >= 15 is 0 Å². The molecule has 0 aliphatic heterocycles. The molecule has 1 heterocycles. The van der Waals surface area contributed by atoms with Crippen molar-refractivity contribution in [3.05, 3.63) is 50.3 Å². The molecule has 16 heavy (non-hydrogen) atoms. The van der Waals surface area contributed by atoms with Gasteiger partial charge in [0.25, 0.3) is 0 Å². The maximum atomic E-state index is 6.16. The van der Waals surface area contributed by atoms with Crippen molar-refractivity contribution < 1.29 is 0 Å². The summed E-state index contributed by atoms with van der Waals surface area (Å²) in [6.07, 6.45) is 1.88. The fraction of sp³-hybridized carbons (Fsp3) is 0.182. The highest BCUT2D eigenvalue weighted by Crippen LogP contribution is 2.25. The minimum atomic E-state index is -0.230. The molecule has 1 aromatic heterocycles. The van der Waals surface area contributed by atoms with Gasteiger partial charge < -0.3 is 5.73 Å². The molecular weight excluding hydrogens is 336 g/mol. The Morgan fingerprint density at radius 3 is 2.81 bits per heavy atom. The predicted molar refractivity (Wildman–Crippen MR) is 73.4 cm³/mol. The maximum absolute atomic E-state index is 6.16. The van der Waals surface area contributed by atoms with Crippen molar-refractivity contribution in [1.82, 2.24) is 9.78 Å². The van der Waals surface area contributed by atoms with E-state index in [0.717, 1.165) is 14.8 Å². The Morgan fingerprint density at radius 1 is 1.44 bits per heavy atom. The molecule has 2 N–H and O–H groups in total. The van der Waals surface area contributed by atoms with E-state index in [0.29, 0.717) is 5.02 Å². The standard InChI is InChI=1S/C11H11ClIN3/c1-16-5-4-10(15-16)11(14)8-6-7(12)2-3-9(8)13/h2-6,11H,14H2,1H3. The largest absolute Gasteiger partial charge is 0.319 e. The Balaban J connectivity index is 2.40. The fourth-order valence-corrected chi connectivity index (χ4v) is 2.36. The quantitative estimate of drug-likeness (QED) is 0.849. The minimum Gasteiger partial charge on any atom is -0.319 e. The van der Waals surface area contributed by atoms with Crippen LogP contribution in [0.5, 0.6) is 0 Å². The Kier molecular flexibility index (Phi) is 3.51. The molecule has 84 valence electrons. The lowest BCUT2D eigenvalue weighted by Gasteiger charge is -2.11. The van der Waals surface area contributed by atoms with Gasteiger partial charge in [-0.3, -0.25) is 4.68 Å². The third kappa shape index (κ3) is 2.39. The Hall–Kier alpha value is -0.590. The number of halogens is 2. The number of benzene rings is 1. The molecule has 0 radical (unpaired) electrons. The number of nitrogens with two attached hydrogens (primary N) is 1. The van der Waals surface area contributed by atoms with Crippen molar-refractivity contribution in [3.8, 4) is 0 Å². The second-order valence-corrected chi connectivity index (χ2v) is 5.16. The zero-order valence-corrected chi connectivity index (χ0v) is 11.6. The van der Waals surface area contributed by atoms with Crippen LogP contribution in [0.4, 0.5) is 0 Å². The van der Waals surface area contributed by atoms with E-state index in [9.17, 15) is 0 Å². The third-order valence-corrected chi connectivity index (χ3v) is 3.56. The monoisotopic (exact) mass is 347 g/mol. The van der Waals surface area contributed by atoms with Crippen molar-refractivity contribution in [2.24, 2.45) is 12.8 Å². The summed E-state index contributed by atoms with van der Waals surface area (Å²) in [5, 5.41) is 5.00. The summed E-state index contributed by atoms with van der Waals surface area (Å²) in [4.78, 5) is 0. The molecule has 0 spiro atoms. The lowest BCUT2D eigenvalue weighted by molar-refractivity contribution is 0.714. The van der Waals surface area contributed by atoms with Crippen LogP contribution in [-0.2, 0) is 7.05 Å². The first-order valence-electron chi connectivity index (χ1n) is 4.78. The summed E-state index contributed by atoms with van der Waals surface area (Å²) in [5.41, 5.74) is 8.02. The molecule has 0 saturated carbocycles. The number of aryl methyl sites for hydroxylation is 1. The topological polar surface area (TPSA) is 43.8 Å². The lowest BCUT2D eigenvalue weighted by atomic mass is 10.1. The maximum Gasteiger partial charge on any atom is 0.0837 e. The molecule has 2 rings (SSSR count). The first kappa shape index (κ1) is 11.9. The van der Waals surface area contributed by atoms with E-state index in [4.69, 9.17) is 17.3 Å². The van der Waals surface area contributed by atoms with Gasteiger partial charge in [-0.25, -0.2) is 0 Å². The molecule has 2 aromatic rings. The summed E-state index contributed by atoms with van der Waals surface area (Å²) in [6, 6.07) is 7.40. The van der Waals surface area contributed by atoms with Gasteiger partial charge in [0.2, 0.25) is 0 Å². The van der Waals surface area contributed by atoms with Gasteiger partial charge in [0, 0.05) is 21.8 Å². The smallest absolute Gasteiger partial charge is 0.0837 e. The Morgan fingerprint density at radius 2 is 2.19 bits per heavy atom. The number of nitrogens with zero attached hydrogens (tertiary/aromatic N) is 2. The summed E-state index contributed by atoms with van der Waals surface area (Å²) >= 11 is 8.22. The van der Waals surface area contributed by atoms with Gasteiger partial charge in [-0.2, -0.15) is 5.10 Å². The van der Waals surface area contributed by atoms with Crippen molar-refractivity contribution in [3.63, 3.8) is 0 Å². The van der Waals surface area contributed by atoms with Crippen LogP contribution in [0.3, 0.4) is 0 Å². The van der Waals surface area contributed by atoms with E-state index in [-0.39, 0.29) is 6.04 Å². The van der Waals surface area contributed by atoms with Gasteiger partial charge in [0.15, 0.2) is 0 Å². The van der Waals surface area contributed by atoms with Crippen LogP contribution in [0.15, 0.2) is 30.5 Å². The van der Waals surface area contributed by atoms with E-state index in [2.05, 4.69) is 27.7 Å². The van der Waals surface area contributed by atoms with E-state index in [1.54, 1.807) is 4.68 Å². The van der Waals surface area contributed by atoms with Gasteiger partial charge in [-0.05, 0) is 52.4 Å². The summed E-state index contributed by atoms with van der Waals surface area (Å²) in [7, 11) is 1.87. The van der Waals surface area contributed by atoms with Gasteiger partial charge in [-0.15, -0.1) is 0 Å². The first-order chi connectivity index (χ1) is 7.58. The molecule has 0 amide bonds. The number of aromatic nitrogens is 2. The molecule has 3 nitrogen and oxygen atoms in total. The molecular formula is C11H11ClIN3. The fourth-order valence-electron chi connectivity index (χ4n) is 1.51. The number of rotatable bonds is 2. The molecule has 1 aromatic carbocycles. The minimum absolute atomic E-state index is 0.230. The Bertz CT molecular complexity index is 510. The van der Waals surface area contributed by atoms with Crippen LogP contribution in [0, 0.1) is 3.57 Å². The lowest BCUT2D eigenvalue weighted by Crippen LogP contribution is -2.14. The van der Waals surface area contributed by atoms with Crippen molar-refractivity contribution in [2.45, 2.75) is 6.04 Å². The van der Waals surface area contributed by atoms with Gasteiger partial charge in [-0.1, -0.05) is 11.6 Å². The second-order valence-electron chi connectivity index (χ2n) is 3.56. The molecule has 0 fully saturated rings. The molecule has 1 atom stereocenters. The van der Waals surface area contributed by atoms with Gasteiger partial charge in [0.1, 0.15) is 0 Å². The number of hydrogen-bond acceptors (Lipinski definition) is 2. The second kappa shape index (κ2) is 4.73. The van der Waals surface area contributed by atoms with Crippen molar-refractivity contribution in [1.29, 1.82) is 0 Å². The van der Waals surface area contributed by atoms with E-state index < -0.39 is 0 Å². The predicted octanol–water partition coefficient (Wildman–Crippen LogP) is 2.73. The zero-order chi connectivity index (χ0) is 11.7. The number of hydrogen-bond donors (Lipinski definition) is 1. The molecule has 1 unspecified atom stereocenters. The van der Waals surface area contributed by atoms with Crippen LogP contribution in [0.25, 0.3) is 0 Å². The van der Waals surface area contributed by atoms with Crippen LogP contribution in [0.2, 0.25) is 5.02 Å². The van der Waals surface area contributed by atoms with Crippen LogP contribution in [0.1, 0.15) is 17.3 Å². The van der Waals surface area contributed by atoms with Crippen molar-refractivity contribution >= 4 is 34.2 Å². The SMILES string of the molecule is Cn1ccc(C(N)c2cc(Cl)ccc2I)n1. The van der Waals surface area contributed by atoms with Crippen LogP contribution >= 0.6 is 34.2 Å². The highest BCUT2D eigenvalue weighted by Gasteiger charge is 2.14. The van der Waals surface area contributed by atoms with Crippen LogP contribution in [-0.4, -0.2) is 9.78 Å². The highest BCUT2D eigenvalue weighted by molar-refractivity contribution is 14.1. The van der Waals surface area contributed by atoms with Gasteiger partial charge in [0.05, 0.1) is 11.7 Å². The molecule has 0 aliphatic carbocycles. The van der Waals surface area contributed by atoms with Crippen LogP contribution < -0.4 is 5.73 Å². The third-order valence-electron chi connectivity index (χ3n) is 2.35. The molecule has 0 aliphatic rings. The van der Waals surface area contributed by atoms with Crippen molar-refractivity contribution in [2.75, 3.05) is 0 Å². The summed E-state index contributed by atoms with van der Waals surface area (Å²) in [5.74, 6) is 0. The zero-order valence-electron chi connectivity index (χ0n) is 8.69. The van der Waals surface area contributed by atoms with E-state index in [1.165, 1.54) is 0 Å². The molecule has 0 saturated heterocycles. The van der Waals surface area contributed by atoms with E-state index in [1.807, 2.05) is 37.5 Å². The normalized spacial score (nSPS) is 12.8. The summed E-state index contributed by atoms with van der Waals surface area (Å²) < 4.78 is 2.84. The average molecular weight is 348 g/mol. The molecule has 5 heteroatoms. The molecule has 0 bridgehead atoms. The average Bonchev–Trinajstić information content (AvgIpc) is 2.67. The Labute approximate surface area is 113 Å². The first-order valence-corrected chi connectivity index (χ1v) is 6.23.